The molecule has 0 aliphatic heterocycles. The zero-order valence-electron chi connectivity index (χ0n) is 42.0. The summed E-state index contributed by atoms with van der Waals surface area (Å²) in [6.45, 7) is 6.32. The molecule has 0 spiro atoms. The fourth-order valence-electron chi connectivity index (χ4n) is 6.83. The number of allylic oxidation sites excluding steroid dienone is 18. The largest absolute Gasteiger partial charge is 0.462 e. The lowest BCUT2D eigenvalue weighted by atomic mass is 10.1. The van der Waals surface area contributed by atoms with E-state index in [2.05, 4.69) is 130 Å². The van der Waals surface area contributed by atoms with Gasteiger partial charge in [-0.1, -0.05) is 194 Å². The first-order valence-electron chi connectivity index (χ1n) is 26.4. The number of carbonyl (C=O) groups excluding carboxylic acids is 3. The maximum atomic E-state index is 12.8. The van der Waals surface area contributed by atoms with Gasteiger partial charge in [0.2, 0.25) is 0 Å². The SMILES string of the molecule is CC/C=C\C/C=C\C/C=C\C/C=C\CCCCCCC(=O)OCC(COC(=O)CCCCC/C=C\C/C=C\C/C=C\CC)OC(=O)CCCCCCCCC/C=C\C/C=C\CCCCC. The Bertz CT molecular complexity index is 1360. The lowest BCUT2D eigenvalue weighted by Crippen LogP contribution is -2.30. The zero-order chi connectivity index (χ0) is 47.2. The van der Waals surface area contributed by atoms with Crippen molar-refractivity contribution in [1.29, 1.82) is 0 Å². The molecule has 0 fully saturated rings. The Hall–Kier alpha value is -3.93. The van der Waals surface area contributed by atoms with Crippen molar-refractivity contribution in [2.45, 2.75) is 232 Å². The summed E-state index contributed by atoms with van der Waals surface area (Å²) in [6.07, 6.45) is 70.7. The van der Waals surface area contributed by atoms with Crippen LogP contribution >= 0.6 is 0 Å². The Morgan fingerprint density at radius 3 is 0.954 bits per heavy atom. The average molecular weight is 901 g/mol. The van der Waals surface area contributed by atoms with Gasteiger partial charge in [-0.05, 0) is 122 Å². The monoisotopic (exact) mass is 901 g/mol. The topological polar surface area (TPSA) is 78.9 Å². The van der Waals surface area contributed by atoms with E-state index in [1.54, 1.807) is 0 Å². The lowest BCUT2D eigenvalue weighted by Gasteiger charge is -2.18. The zero-order valence-corrected chi connectivity index (χ0v) is 42.0. The third-order valence-corrected chi connectivity index (χ3v) is 10.7. The van der Waals surface area contributed by atoms with Crippen LogP contribution < -0.4 is 0 Å². The van der Waals surface area contributed by atoms with Crippen molar-refractivity contribution in [3.05, 3.63) is 109 Å². The highest BCUT2D eigenvalue weighted by Crippen LogP contribution is 2.13. The maximum absolute atomic E-state index is 12.8. The van der Waals surface area contributed by atoms with Crippen LogP contribution in [-0.2, 0) is 28.6 Å². The summed E-state index contributed by atoms with van der Waals surface area (Å²) in [6, 6.07) is 0. The van der Waals surface area contributed by atoms with E-state index in [0.29, 0.717) is 19.3 Å². The minimum absolute atomic E-state index is 0.106. The van der Waals surface area contributed by atoms with Crippen LogP contribution in [0.25, 0.3) is 0 Å². The van der Waals surface area contributed by atoms with Gasteiger partial charge in [0, 0.05) is 19.3 Å². The highest BCUT2D eigenvalue weighted by Gasteiger charge is 2.19. The van der Waals surface area contributed by atoms with Gasteiger partial charge in [0.15, 0.2) is 6.10 Å². The van der Waals surface area contributed by atoms with Gasteiger partial charge in [-0.15, -0.1) is 0 Å². The van der Waals surface area contributed by atoms with Crippen molar-refractivity contribution in [3.8, 4) is 0 Å². The maximum Gasteiger partial charge on any atom is 0.306 e. The van der Waals surface area contributed by atoms with Crippen LogP contribution in [0.4, 0.5) is 0 Å². The van der Waals surface area contributed by atoms with Crippen molar-refractivity contribution in [1.82, 2.24) is 0 Å². The molecule has 6 heteroatoms. The number of hydrogen-bond acceptors (Lipinski definition) is 6. The molecule has 0 radical (unpaired) electrons. The molecule has 0 aliphatic rings. The Morgan fingerprint density at radius 1 is 0.323 bits per heavy atom. The smallest absolute Gasteiger partial charge is 0.306 e. The van der Waals surface area contributed by atoms with E-state index < -0.39 is 6.10 Å². The predicted molar refractivity (Wildman–Crippen MR) is 279 cm³/mol. The summed E-state index contributed by atoms with van der Waals surface area (Å²) >= 11 is 0. The third kappa shape index (κ3) is 50.9. The van der Waals surface area contributed by atoms with E-state index in [9.17, 15) is 14.4 Å². The van der Waals surface area contributed by atoms with Gasteiger partial charge in [0.1, 0.15) is 13.2 Å². The van der Waals surface area contributed by atoms with E-state index in [4.69, 9.17) is 14.2 Å². The molecule has 65 heavy (non-hydrogen) atoms. The molecule has 0 bridgehead atoms. The Labute approximate surface area is 400 Å². The van der Waals surface area contributed by atoms with Crippen LogP contribution in [0.5, 0.6) is 0 Å². The first-order chi connectivity index (χ1) is 32.0. The van der Waals surface area contributed by atoms with E-state index in [0.717, 1.165) is 135 Å². The second-order valence-electron chi connectivity index (χ2n) is 17.0. The van der Waals surface area contributed by atoms with Gasteiger partial charge < -0.3 is 14.2 Å². The fraction of sp³-hybridized carbons (Fsp3) is 0.644. The van der Waals surface area contributed by atoms with Crippen LogP contribution in [0.1, 0.15) is 226 Å². The second-order valence-corrected chi connectivity index (χ2v) is 17.0. The summed E-state index contributed by atoms with van der Waals surface area (Å²) in [4.78, 5) is 38.0. The van der Waals surface area contributed by atoms with Gasteiger partial charge >= 0.3 is 17.9 Å². The van der Waals surface area contributed by atoms with E-state index in [-0.39, 0.29) is 31.1 Å². The van der Waals surface area contributed by atoms with Crippen LogP contribution in [0.15, 0.2) is 109 Å². The van der Waals surface area contributed by atoms with Crippen molar-refractivity contribution in [3.63, 3.8) is 0 Å². The molecule has 1 atom stereocenters. The molecule has 0 amide bonds. The van der Waals surface area contributed by atoms with Crippen LogP contribution in [-0.4, -0.2) is 37.2 Å². The fourth-order valence-corrected chi connectivity index (χ4v) is 6.83. The van der Waals surface area contributed by atoms with Gasteiger partial charge in [0.25, 0.3) is 0 Å². The summed E-state index contributed by atoms with van der Waals surface area (Å²) < 4.78 is 16.8. The molecule has 0 aromatic heterocycles. The molecule has 0 heterocycles. The molecule has 0 aromatic carbocycles. The van der Waals surface area contributed by atoms with E-state index in [1.165, 1.54) is 51.4 Å². The number of hydrogen-bond donors (Lipinski definition) is 0. The number of esters is 3. The first-order valence-corrected chi connectivity index (χ1v) is 26.4. The molecule has 0 saturated carbocycles. The highest BCUT2D eigenvalue weighted by molar-refractivity contribution is 5.71. The highest BCUT2D eigenvalue weighted by atomic mass is 16.6. The van der Waals surface area contributed by atoms with Gasteiger partial charge in [0.05, 0.1) is 0 Å². The molecule has 368 valence electrons. The minimum Gasteiger partial charge on any atom is -0.462 e. The van der Waals surface area contributed by atoms with Crippen molar-refractivity contribution < 1.29 is 28.6 Å². The van der Waals surface area contributed by atoms with Crippen LogP contribution in [0.3, 0.4) is 0 Å². The van der Waals surface area contributed by atoms with Gasteiger partial charge in [-0.2, -0.15) is 0 Å². The standard InChI is InChI=1S/C59H96O6/c1-4-7-10-13-16-19-22-25-27-29-31-34-37-40-43-46-49-52-58(61)64-55-56(54-63-57(60)51-48-45-42-39-36-33-24-21-18-15-12-9-6-3)65-59(62)53-50-47-44-41-38-35-32-30-28-26-23-20-17-14-11-8-5-2/h7,9-10,12,16-21,25-28,31,33-34,36,56H,4-6,8,11,13-15,22-24,29-30,32,35,37-55H2,1-3H3/b10-7-,12-9-,19-16-,20-17-,21-18-,27-25-,28-26-,34-31-,36-33-. The van der Waals surface area contributed by atoms with Gasteiger partial charge in [-0.3, -0.25) is 14.4 Å². The molecule has 6 nitrogen and oxygen atoms in total. The third-order valence-electron chi connectivity index (χ3n) is 10.7. The van der Waals surface area contributed by atoms with Gasteiger partial charge in [-0.25, -0.2) is 0 Å². The Kier molecular flexibility index (Phi) is 49.5. The summed E-state index contributed by atoms with van der Waals surface area (Å²) in [5.74, 6) is -0.969. The molecule has 1 unspecified atom stereocenters. The molecule has 0 aromatic rings. The van der Waals surface area contributed by atoms with Crippen molar-refractivity contribution in [2.75, 3.05) is 13.2 Å². The molecular weight excluding hydrogens is 805 g/mol. The average Bonchev–Trinajstić information content (AvgIpc) is 3.30. The van der Waals surface area contributed by atoms with E-state index in [1.807, 2.05) is 0 Å². The number of rotatable bonds is 46. The predicted octanol–water partition coefficient (Wildman–Crippen LogP) is 17.5. The van der Waals surface area contributed by atoms with Crippen LogP contribution in [0.2, 0.25) is 0 Å². The summed E-state index contributed by atoms with van der Waals surface area (Å²) in [5, 5.41) is 0. The molecular formula is C59H96O6. The Morgan fingerprint density at radius 2 is 0.600 bits per heavy atom. The molecule has 0 N–H and O–H groups in total. The molecule has 0 rings (SSSR count). The molecule has 0 aliphatic carbocycles. The normalized spacial score (nSPS) is 13.0. The number of carbonyl (C=O) groups is 3. The first kappa shape index (κ1) is 61.1. The quantitative estimate of drug-likeness (QED) is 0.0262. The summed E-state index contributed by atoms with van der Waals surface area (Å²) in [5.41, 5.74) is 0. The number of ether oxygens (including phenoxy) is 3. The number of unbranched alkanes of at least 4 members (excludes halogenated alkanes) is 17. The second kappa shape index (κ2) is 52.7. The Balaban J connectivity index is 4.49. The van der Waals surface area contributed by atoms with Crippen molar-refractivity contribution in [2.24, 2.45) is 0 Å². The minimum atomic E-state index is -0.806. The van der Waals surface area contributed by atoms with Crippen LogP contribution in [0, 0.1) is 0 Å². The van der Waals surface area contributed by atoms with Crippen molar-refractivity contribution >= 4 is 17.9 Å². The molecule has 0 saturated heterocycles. The van der Waals surface area contributed by atoms with E-state index >= 15 is 0 Å². The summed E-state index contributed by atoms with van der Waals surface area (Å²) in [7, 11) is 0. The lowest BCUT2D eigenvalue weighted by molar-refractivity contribution is -0.167.